The molecule has 15 heavy (non-hydrogen) atoms. The van der Waals surface area contributed by atoms with Gasteiger partial charge >= 0.3 is 5.97 Å². The van der Waals surface area contributed by atoms with Crippen LogP contribution in [0.5, 0.6) is 0 Å². The molecule has 0 aliphatic carbocycles. The van der Waals surface area contributed by atoms with Gasteiger partial charge in [0.2, 0.25) is 0 Å². The molecule has 2 atom stereocenters. The summed E-state index contributed by atoms with van der Waals surface area (Å²) in [5.41, 5.74) is 1.09. The molecule has 80 valence electrons. The molecule has 0 radical (unpaired) electrons. The molecule has 1 aromatic rings. The summed E-state index contributed by atoms with van der Waals surface area (Å²) in [5, 5.41) is 12.2. The van der Waals surface area contributed by atoms with Crippen LogP contribution in [0.25, 0.3) is 0 Å². The van der Waals surface area contributed by atoms with E-state index < -0.39 is 12.0 Å². The van der Waals surface area contributed by atoms with Gasteiger partial charge in [0.25, 0.3) is 0 Å². The fourth-order valence-corrected chi connectivity index (χ4v) is 3.00. The van der Waals surface area contributed by atoms with Crippen LogP contribution in [0.4, 0.5) is 0 Å². The summed E-state index contributed by atoms with van der Waals surface area (Å²) in [7, 11) is 0. The van der Waals surface area contributed by atoms with E-state index in [1.165, 1.54) is 0 Å². The van der Waals surface area contributed by atoms with E-state index in [1.807, 2.05) is 30.3 Å². The molecule has 1 aliphatic heterocycles. The Morgan fingerprint density at radius 1 is 1.40 bits per heavy atom. The van der Waals surface area contributed by atoms with E-state index in [1.54, 1.807) is 11.8 Å². The van der Waals surface area contributed by atoms with Gasteiger partial charge in [-0.1, -0.05) is 30.3 Å². The molecular formula is C11H13NO2S. The number of aliphatic carboxylic acids is 1. The topological polar surface area (TPSA) is 49.3 Å². The Bertz CT molecular complexity index is 342. The zero-order valence-electron chi connectivity index (χ0n) is 8.22. The lowest BCUT2D eigenvalue weighted by Gasteiger charge is -2.29. The Balaban J connectivity index is 2.22. The third-order valence-electron chi connectivity index (χ3n) is 2.46. The van der Waals surface area contributed by atoms with Crippen LogP contribution < -0.4 is 5.32 Å². The Labute approximate surface area is 92.9 Å². The summed E-state index contributed by atoms with van der Waals surface area (Å²) in [6.07, 6.45) is 0. The van der Waals surface area contributed by atoms with Gasteiger partial charge in [-0.05, 0) is 5.56 Å². The Morgan fingerprint density at radius 2 is 2.13 bits per heavy atom. The van der Waals surface area contributed by atoms with Crippen molar-refractivity contribution in [2.24, 2.45) is 0 Å². The molecule has 3 nitrogen and oxygen atoms in total. The van der Waals surface area contributed by atoms with Crippen LogP contribution in [0.3, 0.4) is 0 Å². The summed E-state index contributed by atoms with van der Waals surface area (Å²) in [6.45, 7) is 0.769. The summed E-state index contributed by atoms with van der Waals surface area (Å²) >= 11 is 1.71. The fourth-order valence-electron chi connectivity index (χ4n) is 1.75. The second-order valence-electron chi connectivity index (χ2n) is 3.47. The largest absolute Gasteiger partial charge is 0.480 e. The zero-order valence-corrected chi connectivity index (χ0v) is 9.04. The van der Waals surface area contributed by atoms with Crippen molar-refractivity contribution in [3.63, 3.8) is 0 Å². The number of thioether (sulfide) groups is 1. The lowest BCUT2D eigenvalue weighted by Crippen LogP contribution is -2.45. The van der Waals surface area contributed by atoms with Crippen LogP contribution in [-0.2, 0) is 4.79 Å². The summed E-state index contributed by atoms with van der Waals surface area (Å²) in [5.74, 6) is 0.194. The molecule has 0 amide bonds. The van der Waals surface area contributed by atoms with Crippen LogP contribution in [0.1, 0.15) is 10.8 Å². The molecule has 4 heteroatoms. The van der Waals surface area contributed by atoms with Crippen molar-refractivity contribution >= 4 is 17.7 Å². The predicted octanol–water partition coefficient (Wildman–Crippen LogP) is 1.52. The van der Waals surface area contributed by atoms with Gasteiger partial charge < -0.3 is 10.4 Å². The Kier molecular flexibility index (Phi) is 3.28. The quantitative estimate of drug-likeness (QED) is 0.798. The number of hydrogen-bond donors (Lipinski definition) is 2. The van der Waals surface area contributed by atoms with Crippen molar-refractivity contribution < 1.29 is 9.90 Å². The fraction of sp³-hybridized carbons (Fsp3) is 0.364. The van der Waals surface area contributed by atoms with Crippen molar-refractivity contribution in [2.45, 2.75) is 11.3 Å². The van der Waals surface area contributed by atoms with Crippen LogP contribution in [0.2, 0.25) is 0 Å². The molecule has 1 aliphatic rings. The minimum Gasteiger partial charge on any atom is -0.480 e. The maximum atomic E-state index is 11.1. The van der Waals surface area contributed by atoms with E-state index in [-0.39, 0.29) is 5.25 Å². The average Bonchev–Trinajstić information content (AvgIpc) is 2.30. The third-order valence-corrected chi connectivity index (χ3v) is 3.80. The number of hydrogen-bond acceptors (Lipinski definition) is 3. The normalized spacial score (nSPS) is 26.1. The van der Waals surface area contributed by atoms with Crippen LogP contribution in [-0.4, -0.2) is 29.4 Å². The number of nitrogens with one attached hydrogen (secondary N) is 1. The number of benzene rings is 1. The average molecular weight is 223 g/mol. The molecule has 2 unspecified atom stereocenters. The molecule has 1 heterocycles. The first-order chi connectivity index (χ1) is 7.29. The van der Waals surface area contributed by atoms with Crippen molar-refractivity contribution in [3.8, 4) is 0 Å². The molecule has 0 aromatic heterocycles. The second kappa shape index (κ2) is 4.68. The van der Waals surface area contributed by atoms with E-state index in [2.05, 4.69) is 5.32 Å². The van der Waals surface area contributed by atoms with Gasteiger partial charge in [0, 0.05) is 12.3 Å². The van der Waals surface area contributed by atoms with Crippen LogP contribution >= 0.6 is 11.8 Å². The SMILES string of the molecule is O=C(O)C1NCCSC1c1ccccc1. The van der Waals surface area contributed by atoms with E-state index in [0.29, 0.717) is 0 Å². The highest BCUT2D eigenvalue weighted by Gasteiger charge is 2.31. The lowest BCUT2D eigenvalue weighted by atomic mass is 10.1. The molecule has 1 aromatic carbocycles. The van der Waals surface area contributed by atoms with Gasteiger partial charge in [0.15, 0.2) is 0 Å². The Hall–Kier alpha value is -1.00. The number of carbonyl (C=O) groups is 1. The monoisotopic (exact) mass is 223 g/mol. The maximum absolute atomic E-state index is 11.1. The highest BCUT2D eigenvalue weighted by atomic mass is 32.2. The highest BCUT2D eigenvalue weighted by molar-refractivity contribution is 7.99. The number of carboxylic acid groups (broad SMARTS) is 1. The van der Waals surface area contributed by atoms with Crippen molar-refractivity contribution in [1.29, 1.82) is 0 Å². The molecule has 0 saturated carbocycles. The molecule has 2 N–H and O–H groups in total. The van der Waals surface area contributed by atoms with Gasteiger partial charge in [-0.2, -0.15) is 11.8 Å². The molecular weight excluding hydrogens is 210 g/mol. The van der Waals surface area contributed by atoms with Gasteiger partial charge in [0.05, 0.1) is 5.25 Å². The summed E-state index contributed by atoms with van der Waals surface area (Å²) < 4.78 is 0. The third kappa shape index (κ3) is 2.33. The first-order valence-electron chi connectivity index (χ1n) is 4.92. The van der Waals surface area contributed by atoms with E-state index in [9.17, 15) is 4.79 Å². The molecule has 1 fully saturated rings. The lowest BCUT2D eigenvalue weighted by molar-refractivity contribution is -0.139. The van der Waals surface area contributed by atoms with Crippen LogP contribution in [0.15, 0.2) is 30.3 Å². The standard InChI is InChI=1S/C11H13NO2S/c13-11(14)9-10(15-7-6-12-9)8-4-2-1-3-5-8/h1-5,9-10,12H,6-7H2,(H,13,14). The van der Waals surface area contributed by atoms with Gasteiger partial charge in [-0.25, -0.2) is 0 Å². The van der Waals surface area contributed by atoms with E-state index in [4.69, 9.17) is 5.11 Å². The molecule has 1 saturated heterocycles. The molecule has 2 rings (SSSR count). The zero-order chi connectivity index (χ0) is 10.7. The van der Waals surface area contributed by atoms with Crippen molar-refractivity contribution in [1.82, 2.24) is 5.32 Å². The summed E-state index contributed by atoms with van der Waals surface area (Å²) in [4.78, 5) is 11.1. The minimum absolute atomic E-state index is 0.0254. The highest BCUT2D eigenvalue weighted by Crippen LogP contribution is 2.34. The molecule has 0 bridgehead atoms. The van der Waals surface area contributed by atoms with Gasteiger partial charge in [0.1, 0.15) is 6.04 Å². The first kappa shape index (κ1) is 10.5. The first-order valence-corrected chi connectivity index (χ1v) is 5.96. The summed E-state index contributed by atoms with van der Waals surface area (Å²) in [6, 6.07) is 9.35. The van der Waals surface area contributed by atoms with Gasteiger partial charge in [-0.3, -0.25) is 4.79 Å². The molecule has 0 spiro atoms. The van der Waals surface area contributed by atoms with Crippen molar-refractivity contribution in [3.05, 3.63) is 35.9 Å². The van der Waals surface area contributed by atoms with Crippen LogP contribution in [0, 0.1) is 0 Å². The van der Waals surface area contributed by atoms with E-state index in [0.717, 1.165) is 17.9 Å². The maximum Gasteiger partial charge on any atom is 0.322 e. The van der Waals surface area contributed by atoms with Crippen molar-refractivity contribution in [2.75, 3.05) is 12.3 Å². The van der Waals surface area contributed by atoms with E-state index >= 15 is 0 Å². The minimum atomic E-state index is -0.768. The predicted molar refractivity (Wildman–Crippen MR) is 61.1 cm³/mol. The number of carboxylic acids is 1. The van der Waals surface area contributed by atoms with Gasteiger partial charge in [-0.15, -0.1) is 0 Å². The second-order valence-corrected chi connectivity index (χ2v) is 4.72. The number of rotatable bonds is 2. The smallest absolute Gasteiger partial charge is 0.322 e. The Morgan fingerprint density at radius 3 is 2.80 bits per heavy atom.